The average Bonchev–Trinajstić information content (AvgIpc) is 2.90. The maximum Gasteiger partial charge on any atom is 0.227 e. The van der Waals surface area contributed by atoms with Crippen molar-refractivity contribution in [3.05, 3.63) is 0 Å². The fourth-order valence-corrected chi connectivity index (χ4v) is 3.40. The number of rotatable bonds is 4. The number of carbonyl (C=O) groups excluding carboxylic acids is 1. The maximum absolute atomic E-state index is 12.4. The Bertz CT molecular complexity index is 349. The summed E-state index contributed by atoms with van der Waals surface area (Å²) in [6.07, 6.45) is 5.40. The number of amides is 1. The monoisotopic (exact) mass is 282 g/mol. The molecular formula is C16H30N2O2. The molecule has 2 aliphatic rings. The summed E-state index contributed by atoms with van der Waals surface area (Å²) in [5, 5.41) is 16.9. The molecule has 0 bridgehead atoms. The van der Waals surface area contributed by atoms with Gasteiger partial charge in [0.2, 0.25) is 5.91 Å². The summed E-state index contributed by atoms with van der Waals surface area (Å²) in [6.45, 7) is 8.66. The predicted octanol–water partition coefficient (Wildman–Crippen LogP) is 1.82. The van der Waals surface area contributed by atoms with Crippen molar-refractivity contribution in [1.82, 2.24) is 10.6 Å². The minimum Gasteiger partial charge on any atom is -0.388 e. The van der Waals surface area contributed by atoms with E-state index in [4.69, 9.17) is 0 Å². The Hall–Kier alpha value is -0.610. The Kier molecular flexibility index (Phi) is 4.45. The SMILES string of the molecule is CCC1(C(=O)NCC2(O)CCC(C)(C)CC2)CCNC1. The van der Waals surface area contributed by atoms with Crippen molar-refractivity contribution >= 4 is 5.91 Å². The Morgan fingerprint density at radius 3 is 2.35 bits per heavy atom. The summed E-state index contributed by atoms with van der Waals surface area (Å²) in [7, 11) is 0. The van der Waals surface area contributed by atoms with Gasteiger partial charge in [0.25, 0.3) is 0 Å². The van der Waals surface area contributed by atoms with Crippen LogP contribution in [0.3, 0.4) is 0 Å². The fraction of sp³-hybridized carbons (Fsp3) is 0.938. The molecule has 0 aromatic heterocycles. The predicted molar refractivity (Wildman–Crippen MR) is 80.4 cm³/mol. The molecule has 1 unspecified atom stereocenters. The lowest BCUT2D eigenvalue weighted by Crippen LogP contribution is -2.50. The fourth-order valence-electron chi connectivity index (χ4n) is 3.40. The molecule has 1 atom stereocenters. The zero-order valence-corrected chi connectivity index (χ0v) is 13.2. The molecule has 4 nitrogen and oxygen atoms in total. The van der Waals surface area contributed by atoms with E-state index in [1.807, 2.05) is 0 Å². The van der Waals surface area contributed by atoms with Gasteiger partial charge in [0, 0.05) is 13.1 Å². The van der Waals surface area contributed by atoms with Crippen molar-refractivity contribution in [3.63, 3.8) is 0 Å². The molecule has 0 spiro atoms. The summed E-state index contributed by atoms with van der Waals surface area (Å²) >= 11 is 0. The summed E-state index contributed by atoms with van der Waals surface area (Å²) in [4.78, 5) is 12.4. The second-order valence-corrected chi connectivity index (χ2v) is 7.63. The van der Waals surface area contributed by atoms with Gasteiger partial charge < -0.3 is 15.7 Å². The molecule has 116 valence electrons. The van der Waals surface area contributed by atoms with E-state index < -0.39 is 5.60 Å². The van der Waals surface area contributed by atoms with E-state index in [1.54, 1.807) is 0 Å². The van der Waals surface area contributed by atoms with E-state index in [-0.39, 0.29) is 11.3 Å². The van der Waals surface area contributed by atoms with Crippen LogP contribution in [0.2, 0.25) is 0 Å². The number of carbonyl (C=O) groups is 1. The van der Waals surface area contributed by atoms with Gasteiger partial charge in [-0.3, -0.25) is 4.79 Å². The van der Waals surface area contributed by atoms with Crippen LogP contribution in [0.4, 0.5) is 0 Å². The zero-order valence-electron chi connectivity index (χ0n) is 13.2. The third-order valence-electron chi connectivity index (χ3n) is 5.51. The van der Waals surface area contributed by atoms with Gasteiger partial charge in [-0.1, -0.05) is 20.8 Å². The van der Waals surface area contributed by atoms with E-state index in [2.05, 4.69) is 31.4 Å². The molecule has 1 saturated carbocycles. The molecule has 3 N–H and O–H groups in total. The number of aliphatic hydroxyl groups is 1. The summed E-state index contributed by atoms with van der Waals surface area (Å²) in [5.74, 6) is 0.114. The minimum absolute atomic E-state index is 0.114. The summed E-state index contributed by atoms with van der Waals surface area (Å²) in [5.41, 5.74) is -0.632. The topological polar surface area (TPSA) is 61.4 Å². The van der Waals surface area contributed by atoms with Gasteiger partial charge in [-0.2, -0.15) is 0 Å². The second kappa shape index (κ2) is 5.64. The van der Waals surface area contributed by atoms with Crippen molar-refractivity contribution in [3.8, 4) is 0 Å². The lowest BCUT2D eigenvalue weighted by molar-refractivity contribution is -0.132. The van der Waals surface area contributed by atoms with Crippen LogP contribution in [0, 0.1) is 10.8 Å². The molecular weight excluding hydrogens is 252 g/mol. The van der Waals surface area contributed by atoms with Crippen LogP contribution in [0.15, 0.2) is 0 Å². The van der Waals surface area contributed by atoms with Crippen LogP contribution in [0.25, 0.3) is 0 Å². The molecule has 4 heteroatoms. The van der Waals surface area contributed by atoms with Gasteiger partial charge in [-0.25, -0.2) is 0 Å². The summed E-state index contributed by atoms with van der Waals surface area (Å²) in [6, 6.07) is 0. The molecule has 1 aliphatic heterocycles. The first kappa shape index (κ1) is 15.8. The normalized spacial score (nSPS) is 32.0. The van der Waals surface area contributed by atoms with Crippen molar-refractivity contribution in [2.24, 2.45) is 10.8 Å². The highest BCUT2D eigenvalue weighted by Crippen LogP contribution is 2.40. The van der Waals surface area contributed by atoms with E-state index in [1.165, 1.54) is 0 Å². The third kappa shape index (κ3) is 3.34. The Morgan fingerprint density at radius 1 is 1.20 bits per heavy atom. The molecule has 0 aromatic carbocycles. The first-order chi connectivity index (χ1) is 9.31. The van der Waals surface area contributed by atoms with Crippen LogP contribution in [0.5, 0.6) is 0 Å². The first-order valence-corrected chi connectivity index (χ1v) is 8.02. The smallest absolute Gasteiger partial charge is 0.227 e. The molecule has 2 fully saturated rings. The number of hydrogen-bond donors (Lipinski definition) is 3. The van der Waals surface area contributed by atoms with E-state index in [9.17, 15) is 9.90 Å². The minimum atomic E-state index is -0.702. The van der Waals surface area contributed by atoms with Crippen LogP contribution in [-0.2, 0) is 4.79 Å². The molecule has 1 saturated heterocycles. The molecule has 2 rings (SSSR count). The van der Waals surface area contributed by atoms with E-state index >= 15 is 0 Å². The highest BCUT2D eigenvalue weighted by atomic mass is 16.3. The Morgan fingerprint density at radius 2 is 1.85 bits per heavy atom. The first-order valence-electron chi connectivity index (χ1n) is 8.02. The molecule has 1 aliphatic carbocycles. The van der Waals surface area contributed by atoms with E-state index in [0.717, 1.165) is 51.6 Å². The molecule has 1 heterocycles. The number of hydrogen-bond acceptors (Lipinski definition) is 3. The van der Waals surface area contributed by atoms with Crippen LogP contribution in [0.1, 0.15) is 59.3 Å². The molecule has 0 aromatic rings. The van der Waals surface area contributed by atoms with Gasteiger partial charge in [-0.05, 0) is 50.5 Å². The van der Waals surface area contributed by atoms with Crippen LogP contribution >= 0.6 is 0 Å². The molecule has 20 heavy (non-hydrogen) atoms. The maximum atomic E-state index is 12.4. The van der Waals surface area contributed by atoms with Gasteiger partial charge in [-0.15, -0.1) is 0 Å². The Labute approximate surface area is 122 Å². The lowest BCUT2D eigenvalue weighted by atomic mass is 9.71. The van der Waals surface area contributed by atoms with Gasteiger partial charge in [0.1, 0.15) is 0 Å². The van der Waals surface area contributed by atoms with Gasteiger partial charge in [0.15, 0.2) is 0 Å². The highest BCUT2D eigenvalue weighted by Gasteiger charge is 2.41. The Balaban J connectivity index is 1.87. The van der Waals surface area contributed by atoms with Crippen molar-refractivity contribution in [1.29, 1.82) is 0 Å². The highest BCUT2D eigenvalue weighted by molar-refractivity contribution is 5.83. The van der Waals surface area contributed by atoms with Crippen molar-refractivity contribution < 1.29 is 9.90 Å². The van der Waals surface area contributed by atoms with Gasteiger partial charge in [0.05, 0.1) is 11.0 Å². The van der Waals surface area contributed by atoms with Crippen molar-refractivity contribution in [2.45, 2.75) is 64.9 Å². The molecule has 0 radical (unpaired) electrons. The van der Waals surface area contributed by atoms with E-state index in [0.29, 0.717) is 12.0 Å². The van der Waals surface area contributed by atoms with Crippen LogP contribution in [-0.4, -0.2) is 36.2 Å². The zero-order chi connectivity index (χ0) is 14.9. The average molecular weight is 282 g/mol. The summed E-state index contributed by atoms with van der Waals surface area (Å²) < 4.78 is 0. The largest absolute Gasteiger partial charge is 0.388 e. The van der Waals surface area contributed by atoms with Gasteiger partial charge >= 0.3 is 0 Å². The molecule has 1 amide bonds. The quantitative estimate of drug-likeness (QED) is 0.737. The number of nitrogens with one attached hydrogen (secondary N) is 2. The van der Waals surface area contributed by atoms with Crippen molar-refractivity contribution in [2.75, 3.05) is 19.6 Å². The lowest BCUT2D eigenvalue weighted by Gasteiger charge is -2.40. The standard InChI is InChI=1S/C16H30N2O2/c1-4-15(9-10-17-11-15)13(19)18-12-16(20)7-5-14(2,3)6-8-16/h17,20H,4-12H2,1-3H3,(H,18,19). The second-order valence-electron chi connectivity index (χ2n) is 7.63. The third-order valence-corrected chi connectivity index (χ3v) is 5.51. The van der Waals surface area contributed by atoms with Crippen LogP contribution < -0.4 is 10.6 Å².